The second-order valence-electron chi connectivity index (χ2n) is 5.03. The van der Waals surface area contributed by atoms with Crippen LogP contribution in [0.2, 0.25) is 0 Å². The first-order chi connectivity index (χ1) is 9.74. The van der Waals surface area contributed by atoms with Gasteiger partial charge in [0.15, 0.2) is 11.5 Å². The van der Waals surface area contributed by atoms with Crippen molar-refractivity contribution in [3.05, 3.63) is 59.2 Å². The highest BCUT2D eigenvalue weighted by Crippen LogP contribution is 2.37. The highest BCUT2D eigenvalue weighted by atomic mass is 79.9. The number of rotatable bonds is 2. The van der Waals surface area contributed by atoms with Gasteiger partial charge in [-0.1, -0.05) is 51.8 Å². The van der Waals surface area contributed by atoms with Crippen LogP contribution in [0.4, 0.5) is 0 Å². The normalized spacial score (nSPS) is 15.5. The first-order valence-electron chi connectivity index (χ1n) is 6.84. The largest absolute Gasteiger partial charge is 0.490 e. The van der Waals surface area contributed by atoms with E-state index in [1.54, 1.807) is 0 Å². The molecule has 1 atom stereocenters. The lowest BCUT2D eigenvalue weighted by molar-refractivity contribution is 0.297. The Morgan fingerprint density at radius 3 is 2.50 bits per heavy atom. The van der Waals surface area contributed by atoms with Crippen LogP contribution in [0.15, 0.2) is 42.5 Å². The Morgan fingerprint density at radius 1 is 0.950 bits per heavy atom. The predicted octanol–water partition coefficient (Wildman–Crippen LogP) is 4.64. The van der Waals surface area contributed by atoms with Crippen molar-refractivity contribution in [2.24, 2.45) is 0 Å². The molecule has 2 nitrogen and oxygen atoms in total. The van der Waals surface area contributed by atoms with Crippen molar-refractivity contribution < 1.29 is 9.47 Å². The summed E-state index contributed by atoms with van der Waals surface area (Å²) in [4.78, 5) is 0.166. The number of ether oxygens (including phenoxy) is 2. The summed E-state index contributed by atoms with van der Waals surface area (Å²) in [6.07, 6.45) is 0.930. The number of benzene rings is 2. The minimum absolute atomic E-state index is 0.166. The number of halogens is 1. The molecule has 0 saturated heterocycles. The van der Waals surface area contributed by atoms with E-state index in [4.69, 9.17) is 9.47 Å². The molecule has 0 bridgehead atoms. The van der Waals surface area contributed by atoms with Gasteiger partial charge in [0.25, 0.3) is 0 Å². The molecule has 1 unspecified atom stereocenters. The molecular formula is C17H17BrO2. The van der Waals surface area contributed by atoms with Crippen molar-refractivity contribution in [1.29, 1.82) is 0 Å². The standard InChI is InChI=1S/C17H17BrO2/c1-12-4-2-5-13(10-12)17(18)14-6-7-15-16(11-14)20-9-3-8-19-15/h2,4-7,10-11,17H,3,8-9H2,1H3. The summed E-state index contributed by atoms with van der Waals surface area (Å²) in [5.41, 5.74) is 3.70. The van der Waals surface area contributed by atoms with E-state index in [1.165, 1.54) is 16.7 Å². The average molecular weight is 333 g/mol. The molecule has 0 saturated carbocycles. The molecule has 20 heavy (non-hydrogen) atoms. The summed E-state index contributed by atoms with van der Waals surface area (Å²) in [5.74, 6) is 1.69. The van der Waals surface area contributed by atoms with Crippen LogP contribution in [-0.2, 0) is 0 Å². The van der Waals surface area contributed by atoms with Gasteiger partial charge in [0.2, 0.25) is 0 Å². The van der Waals surface area contributed by atoms with Crippen molar-refractivity contribution in [1.82, 2.24) is 0 Å². The molecule has 3 heteroatoms. The molecule has 0 amide bonds. The summed E-state index contributed by atoms with van der Waals surface area (Å²) < 4.78 is 11.4. The van der Waals surface area contributed by atoms with Crippen LogP contribution in [0.1, 0.15) is 27.9 Å². The highest BCUT2D eigenvalue weighted by molar-refractivity contribution is 9.09. The molecule has 0 fully saturated rings. The van der Waals surface area contributed by atoms with E-state index in [1.807, 2.05) is 6.07 Å². The van der Waals surface area contributed by atoms with Gasteiger partial charge in [0.05, 0.1) is 18.0 Å². The zero-order valence-electron chi connectivity index (χ0n) is 11.4. The quantitative estimate of drug-likeness (QED) is 0.746. The number of hydrogen-bond donors (Lipinski definition) is 0. The van der Waals surface area contributed by atoms with Crippen LogP contribution in [-0.4, -0.2) is 13.2 Å². The summed E-state index contributed by atoms with van der Waals surface area (Å²) >= 11 is 3.78. The Kier molecular flexibility index (Phi) is 3.97. The van der Waals surface area contributed by atoms with E-state index in [-0.39, 0.29) is 4.83 Å². The number of hydrogen-bond acceptors (Lipinski definition) is 2. The van der Waals surface area contributed by atoms with Gasteiger partial charge in [-0.05, 0) is 30.2 Å². The van der Waals surface area contributed by atoms with Crippen LogP contribution < -0.4 is 9.47 Å². The zero-order valence-corrected chi connectivity index (χ0v) is 13.0. The van der Waals surface area contributed by atoms with Crippen molar-refractivity contribution in [3.8, 4) is 11.5 Å². The molecule has 2 aromatic rings. The second-order valence-corrected chi connectivity index (χ2v) is 5.95. The van der Waals surface area contributed by atoms with Crippen LogP contribution >= 0.6 is 15.9 Å². The number of alkyl halides is 1. The maximum Gasteiger partial charge on any atom is 0.161 e. The third-order valence-electron chi connectivity index (χ3n) is 3.40. The minimum atomic E-state index is 0.166. The molecule has 1 aliphatic heterocycles. The lowest BCUT2D eigenvalue weighted by atomic mass is 10.0. The van der Waals surface area contributed by atoms with Crippen LogP contribution in [0.5, 0.6) is 11.5 Å². The molecule has 0 aliphatic carbocycles. The molecule has 0 N–H and O–H groups in total. The van der Waals surface area contributed by atoms with Gasteiger partial charge in [-0.15, -0.1) is 0 Å². The van der Waals surface area contributed by atoms with E-state index in [9.17, 15) is 0 Å². The Hall–Kier alpha value is -1.48. The van der Waals surface area contributed by atoms with E-state index >= 15 is 0 Å². The van der Waals surface area contributed by atoms with E-state index in [0.29, 0.717) is 6.61 Å². The Bertz CT molecular complexity index is 610. The first kappa shape index (κ1) is 13.5. The number of aryl methyl sites for hydroxylation is 1. The molecule has 2 aromatic carbocycles. The van der Waals surface area contributed by atoms with E-state index in [0.717, 1.165) is 24.5 Å². The highest BCUT2D eigenvalue weighted by Gasteiger charge is 2.15. The average Bonchev–Trinajstić information content (AvgIpc) is 2.71. The predicted molar refractivity (Wildman–Crippen MR) is 84.0 cm³/mol. The summed E-state index contributed by atoms with van der Waals surface area (Å²) in [5, 5.41) is 0. The fraction of sp³-hybridized carbons (Fsp3) is 0.294. The summed E-state index contributed by atoms with van der Waals surface area (Å²) in [6, 6.07) is 14.7. The minimum Gasteiger partial charge on any atom is -0.490 e. The smallest absolute Gasteiger partial charge is 0.161 e. The third-order valence-corrected chi connectivity index (χ3v) is 4.46. The maximum atomic E-state index is 5.75. The lowest BCUT2D eigenvalue weighted by Crippen LogP contribution is -1.97. The van der Waals surface area contributed by atoms with Crippen LogP contribution in [0.25, 0.3) is 0 Å². The molecule has 1 aliphatic rings. The number of fused-ring (bicyclic) bond motifs is 1. The fourth-order valence-electron chi connectivity index (χ4n) is 2.36. The second kappa shape index (κ2) is 5.88. The molecule has 1 heterocycles. The fourth-order valence-corrected chi connectivity index (χ4v) is 2.93. The van der Waals surface area contributed by atoms with Gasteiger partial charge < -0.3 is 9.47 Å². The maximum absolute atomic E-state index is 5.75. The third kappa shape index (κ3) is 2.83. The van der Waals surface area contributed by atoms with Gasteiger partial charge >= 0.3 is 0 Å². The van der Waals surface area contributed by atoms with Crippen LogP contribution in [0.3, 0.4) is 0 Å². The Morgan fingerprint density at radius 2 is 1.70 bits per heavy atom. The first-order valence-corrected chi connectivity index (χ1v) is 7.76. The van der Waals surface area contributed by atoms with Gasteiger partial charge in [-0.25, -0.2) is 0 Å². The van der Waals surface area contributed by atoms with Crippen LogP contribution in [0, 0.1) is 6.92 Å². The van der Waals surface area contributed by atoms with Gasteiger partial charge in [-0.3, -0.25) is 0 Å². The molecular weight excluding hydrogens is 316 g/mol. The summed E-state index contributed by atoms with van der Waals surface area (Å²) in [7, 11) is 0. The Labute approximate surface area is 127 Å². The Balaban J connectivity index is 1.92. The van der Waals surface area contributed by atoms with E-state index < -0.39 is 0 Å². The topological polar surface area (TPSA) is 18.5 Å². The van der Waals surface area contributed by atoms with Gasteiger partial charge in [0.1, 0.15) is 0 Å². The lowest BCUT2D eigenvalue weighted by Gasteiger charge is -2.14. The van der Waals surface area contributed by atoms with Crippen molar-refractivity contribution >= 4 is 15.9 Å². The molecule has 0 radical (unpaired) electrons. The molecule has 3 rings (SSSR count). The van der Waals surface area contributed by atoms with Crippen molar-refractivity contribution in [2.75, 3.05) is 13.2 Å². The van der Waals surface area contributed by atoms with Gasteiger partial charge in [0, 0.05) is 6.42 Å². The van der Waals surface area contributed by atoms with Gasteiger partial charge in [-0.2, -0.15) is 0 Å². The molecule has 104 valence electrons. The molecule has 0 spiro atoms. The van der Waals surface area contributed by atoms with Crippen molar-refractivity contribution in [3.63, 3.8) is 0 Å². The SMILES string of the molecule is Cc1cccc(C(Br)c2ccc3c(c2)OCCCO3)c1. The summed E-state index contributed by atoms with van der Waals surface area (Å²) in [6.45, 7) is 3.55. The zero-order chi connectivity index (χ0) is 13.9. The van der Waals surface area contributed by atoms with E-state index in [2.05, 4.69) is 59.3 Å². The monoisotopic (exact) mass is 332 g/mol. The molecule has 0 aromatic heterocycles. The van der Waals surface area contributed by atoms with Crippen molar-refractivity contribution in [2.45, 2.75) is 18.2 Å².